The molecule has 0 amide bonds. The van der Waals surface area contributed by atoms with Crippen LogP contribution < -0.4 is 0 Å². The van der Waals surface area contributed by atoms with Crippen molar-refractivity contribution in [1.29, 1.82) is 0 Å². The van der Waals surface area contributed by atoms with E-state index in [1.54, 1.807) is 0 Å². The van der Waals surface area contributed by atoms with Gasteiger partial charge in [0.15, 0.2) is 0 Å². The number of hydrogen-bond donors (Lipinski definition) is 0. The molecule has 1 aliphatic heterocycles. The molecule has 0 radical (unpaired) electrons. The quantitative estimate of drug-likeness (QED) is 0.252. The summed E-state index contributed by atoms with van der Waals surface area (Å²) < 4.78 is 0. The van der Waals surface area contributed by atoms with Gasteiger partial charge in [0, 0.05) is 15.2 Å². The van der Waals surface area contributed by atoms with E-state index in [4.69, 9.17) is 0 Å². The Labute approximate surface area is 209 Å². The standard InChI is InChI=1S/C34H22S/c1-2-6-23(7-3-1)24-12-14-25(15-13-24)26-16-18-27(19-17-26)29-20-21-32-31(22-29)30-10-4-8-28-9-5-11-33(35-32)34(28)30/h1-22H. The Bertz CT molecular complexity index is 1670. The number of benzene rings is 6. The average molecular weight is 463 g/mol. The Morgan fingerprint density at radius 3 is 1.54 bits per heavy atom. The highest BCUT2D eigenvalue weighted by Crippen LogP contribution is 2.48. The number of fused-ring (bicyclic) bond motifs is 2. The summed E-state index contributed by atoms with van der Waals surface area (Å²) in [7, 11) is 0. The van der Waals surface area contributed by atoms with E-state index in [9.17, 15) is 0 Å². The number of hydrogen-bond acceptors (Lipinski definition) is 1. The van der Waals surface area contributed by atoms with Gasteiger partial charge in [-0.05, 0) is 68.1 Å². The zero-order chi connectivity index (χ0) is 23.2. The van der Waals surface area contributed by atoms with Gasteiger partial charge in [-0.15, -0.1) is 0 Å². The molecule has 0 unspecified atom stereocenters. The molecule has 0 aliphatic carbocycles. The molecule has 0 aromatic heterocycles. The highest BCUT2D eigenvalue weighted by molar-refractivity contribution is 7.99. The maximum absolute atomic E-state index is 2.36. The summed E-state index contributed by atoms with van der Waals surface area (Å²) in [5, 5.41) is 2.69. The first-order valence-electron chi connectivity index (χ1n) is 11.9. The largest absolute Gasteiger partial charge is 0.0888 e. The van der Waals surface area contributed by atoms with Crippen LogP contribution in [0.5, 0.6) is 0 Å². The van der Waals surface area contributed by atoms with Crippen molar-refractivity contribution in [2.24, 2.45) is 0 Å². The monoisotopic (exact) mass is 462 g/mol. The lowest BCUT2D eigenvalue weighted by molar-refractivity contribution is 1.39. The molecule has 6 aromatic carbocycles. The fourth-order valence-corrected chi connectivity index (χ4v) is 6.21. The van der Waals surface area contributed by atoms with E-state index in [0.29, 0.717) is 0 Å². The third-order valence-electron chi connectivity index (χ3n) is 6.90. The Kier molecular flexibility index (Phi) is 4.82. The van der Waals surface area contributed by atoms with Crippen LogP contribution in [0.3, 0.4) is 0 Å². The molecule has 1 heteroatoms. The molecular formula is C34H22S. The molecule has 0 saturated heterocycles. The summed E-state index contributed by atoms with van der Waals surface area (Å²) in [5.41, 5.74) is 10.1. The van der Waals surface area contributed by atoms with Crippen LogP contribution in [0.1, 0.15) is 0 Å². The summed E-state index contributed by atoms with van der Waals surface area (Å²) in [5.74, 6) is 0. The fraction of sp³-hybridized carbons (Fsp3) is 0. The van der Waals surface area contributed by atoms with Gasteiger partial charge in [-0.3, -0.25) is 0 Å². The predicted molar refractivity (Wildman–Crippen MR) is 150 cm³/mol. The Hall–Kier alpha value is -4.07. The number of rotatable bonds is 3. The Morgan fingerprint density at radius 1 is 0.343 bits per heavy atom. The lowest BCUT2D eigenvalue weighted by Crippen LogP contribution is -1.93. The highest BCUT2D eigenvalue weighted by Gasteiger charge is 2.19. The van der Waals surface area contributed by atoms with Crippen molar-refractivity contribution in [2.45, 2.75) is 9.79 Å². The summed E-state index contributed by atoms with van der Waals surface area (Å²) in [4.78, 5) is 2.68. The van der Waals surface area contributed by atoms with Gasteiger partial charge in [0.2, 0.25) is 0 Å². The van der Waals surface area contributed by atoms with Crippen LogP contribution in [0.25, 0.3) is 55.3 Å². The van der Waals surface area contributed by atoms with Gasteiger partial charge in [-0.25, -0.2) is 0 Å². The minimum atomic E-state index is 1.24. The Morgan fingerprint density at radius 2 is 0.886 bits per heavy atom. The lowest BCUT2D eigenvalue weighted by atomic mass is 9.94. The van der Waals surface area contributed by atoms with Crippen molar-refractivity contribution in [1.82, 2.24) is 0 Å². The van der Waals surface area contributed by atoms with Crippen LogP contribution in [-0.2, 0) is 0 Å². The lowest BCUT2D eigenvalue weighted by Gasteiger charge is -2.21. The maximum Gasteiger partial charge on any atom is 0.0207 e. The molecule has 1 aliphatic rings. The molecule has 1 heterocycles. The zero-order valence-electron chi connectivity index (χ0n) is 19.1. The molecule has 7 rings (SSSR count). The first-order valence-corrected chi connectivity index (χ1v) is 12.8. The van der Waals surface area contributed by atoms with E-state index in [-0.39, 0.29) is 0 Å². The summed E-state index contributed by atoms with van der Waals surface area (Å²) in [6, 6.07) is 48.5. The van der Waals surface area contributed by atoms with Crippen molar-refractivity contribution in [3.63, 3.8) is 0 Å². The normalized spacial score (nSPS) is 11.9. The van der Waals surface area contributed by atoms with Gasteiger partial charge in [0.25, 0.3) is 0 Å². The second-order valence-corrected chi connectivity index (χ2v) is 10.1. The van der Waals surface area contributed by atoms with Crippen LogP contribution in [0.4, 0.5) is 0 Å². The van der Waals surface area contributed by atoms with Crippen LogP contribution in [-0.4, -0.2) is 0 Å². The average Bonchev–Trinajstić information content (AvgIpc) is 2.94. The van der Waals surface area contributed by atoms with Crippen molar-refractivity contribution < 1.29 is 0 Å². The van der Waals surface area contributed by atoms with Crippen molar-refractivity contribution >= 4 is 22.5 Å². The molecule has 0 nitrogen and oxygen atoms in total. The highest BCUT2D eigenvalue weighted by atomic mass is 32.2. The third-order valence-corrected chi connectivity index (χ3v) is 8.04. The molecule has 0 fully saturated rings. The molecule has 0 atom stereocenters. The summed E-state index contributed by atoms with van der Waals surface area (Å²) in [6.45, 7) is 0. The van der Waals surface area contributed by atoms with Gasteiger partial charge >= 0.3 is 0 Å². The third kappa shape index (κ3) is 3.56. The van der Waals surface area contributed by atoms with E-state index in [1.807, 2.05) is 11.8 Å². The molecule has 164 valence electrons. The summed E-state index contributed by atoms with van der Waals surface area (Å²) in [6.07, 6.45) is 0. The second kappa shape index (κ2) is 8.30. The van der Waals surface area contributed by atoms with Crippen molar-refractivity contribution in [2.75, 3.05) is 0 Å². The van der Waals surface area contributed by atoms with Crippen LogP contribution >= 0.6 is 11.8 Å². The molecule has 35 heavy (non-hydrogen) atoms. The molecule has 0 saturated carbocycles. The van der Waals surface area contributed by atoms with Crippen molar-refractivity contribution in [3.8, 4) is 44.5 Å². The van der Waals surface area contributed by atoms with Gasteiger partial charge in [0.1, 0.15) is 0 Å². The van der Waals surface area contributed by atoms with E-state index in [0.717, 1.165) is 0 Å². The SMILES string of the molecule is c1ccc(-c2ccc(-c3ccc(-c4ccc5c(c4)-c4cccc6cccc(c46)S5)cc3)cc2)cc1. The maximum atomic E-state index is 2.36. The van der Waals surface area contributed by atoms with E-state index >= 15 is 0 Å². The van der Waals surface area contributed by atoms with E-state index in [2.05, 4.69) is 133 Å². The molecule has 0 spiro atoms. The fourth-order valence-electron chi connectivity index (χ4n) is 5.08. The van der Waals surface area contributed by atoms with Gasteiger partial charge in [-0.2, -0.15) is 0 Å². The van der Waals surface area contributed by atoms with E-state index in [1.165, 1.54) is 65.1 Å². The molecular weight excluding hydrogens is 440 g/mol. The predicted octanol–water partition coefficient (Wildman–Crippen LogP) is 9.97. The molecule has 0 N–H and O–H groups in total. The van der Waals surface area contributed by atoms with Crippen LogP contribution in [0.2, 0.25) is 0 Å². The zero-order valence-corrected chi connectivity index (χ0v) is 19.9. The smallest absolute Gasteiger partial charge is 0.0207 e. The van der Waals surface area contributed by atoms with Gasteiger partial charge in [-0.1, -0.05) is 127 Å². The van der Waals surface area contributed by atoms with Gasteiger partial charge < -0.3 is 0 Å². The minimum absolute atomic E-state index is 1.24. The van der Waals surface area contributed by atoms with Crippen LogP contribution in [0.15, 0.2) is 143 Å². The first kappa shape index (κ1) is 20.3. The summed E-state index contributed by atoms with van der Waals surface area (Å²) >= 11 is 1.88. The van der Waals surface area contributed by atoms with E-state index < -0.39 is 0 Å². The second-order valence-electron chi connectivity index (χ2n) is 8.99. The van der Waals surface area contributed by atoms with Gasteiger partial charge in [0.05, 0.1) is 0 Å². The first-order chi connectivity index (χ1) is 17.3. The Balaban J connectivity index is 1.22. The molecule has 0 bridgehead atoms. The molecule has 6 aromatic rings. The minimum Gasteiger partial charge on any atom is -0.0888 e. The van der Waals surface area contributed by atoms with Crippen LogP contribution in [0, 0.1) is 0 Å². The van der Waals surface area contributed by atoms with Crippen molar-refractivity contribution in [3.05, 3.63) is 133 Å². The topological polar surface area (TPSA) is 0 Å².